The molecule has 10 nitrogen and oxygen atoms in total. The summed E-state index contributed by atoms with van der Waals surface area (Å²) >= 11 is 0. The summed E-state index contributed by atoms with van der Waals surface area (Å²) in [6.45, 7) is 7.32. The standard InChI is InChI=1S/C30H34FN7O3/c1-29(2,3)41-28(39)38-20-7-8-21(38)12-30(11-20)14-37(15-30)26-27(36-35-17-34-26)40-24-9-6-19(31)10-22(24)23-13-32-16-33-25(23)18-4-5-18/h6,9-10,13,16-18,20-21H,4-5,7-8,11-12,14-15H2,1-3H3. The molecule has 1 aliphatic carbocycles. The van der Waals surface area contributed by atoms with Gasteiger partial charge >= 0.3 is 6.09 Å². The molecule has 2 unspecified atom stereocenters. The molecule has 3 aromatic rings. The molecular weight excluding hydrogens is 525 g/mol. The van der Waals surface area contributed by atoms with Gasteiger partial charge in [0.25, 0.3) is 5.88 Å². The zero-order valence-electron chi connectivity index (χ0n) is 23.6. The minimum absolute atomic E-state index is 0.105. The summed E-state index contributed by atoms with van der Waals surface area (Å²) in [6, 6.07) is 4.82. The molecule has 3 saturated heterocycles. The van der Waals surface area contributed by atoms with Gasteiger partial charge in [-0.05, 0) is 77.5 Å². The Balaban J connectivity index is 1.10. The van der Waals surface area contributed by atoms with Crippen LogP contribution in [0.3, 0.4) is 0 Å². The van der Waals surface area contributed by atoms with Crippen LogP contribution < -0.4 is 9.64 Å². The molecule has 2 aromatic heterocycles. The molecular formula is C30H34FN7O3. The smallest absolute Gasteiger partial charge is 0.410 e. The summed E-state index contributed by atoms with van der Waals surface area (Å²) in [5, 5.41) is 8.26. The number of aromatic nitrogens is 5. The highest BCUT2D eigenvalue weighted by Crippen LogP contribution is 2.52. The van der Waals surface area contributed by atoms with Crippen LogP contribution in [0.1, 0.15) is 70.9 Å². The van der Waals surface area contributed by atoms with Crippen molar-refractivity contribution in [3.63, 3.8) is 0 Å². The predicted octanol–water partition coefficient (Wildman–Crippen LogP) is 5.51. The number of carbonyl (C=O) groups is 1. The Hall–Kier alpha value is -3.89. The highest BCUT2D eigenvalue weighted by molar-refractivity contribution is 5.73. The minimum atomic E-state index is -0.507. The molecule has 0 N–H and O–H groups in total. The number of fused-ring (bicyclic) bond motifs is 2. The van der Waals surface area contributed by atoms with Gasteiger partial charge in [-0.25, -0.2) is 24.1 Å². The van der Waals surface area contributed by atoms with Crippen LogP contribution in [0.4, 0.5) is 15.0 Å². The number of nitrogens with zero attached hydrogens (tertiary/aromatic N) is 7. The third-order valence-electron chi connectivity index (χ3n) is 8.63. The monoisotopic (exact) mass is 559 g/mol. The van der Waals surface area contributed by atoms with Crippen molar-refractivity contribution < 1.29 is 18.7 Å². The van der Waals surface area contributed by atoms with E-state index < -0.39 is 5.60 Å². The molecule has 1 aromatic carbocycles. The molecule has 41 heavy (non-hydrogen) atoms. The van der Waals surface area contributed by atoms with Gasteiger partial charge < -0.3 is 19.3 Å². The average Bonchev–Trinajstić information content (AvgIpc) is 3.72. The maximum absolute atomic E-state index is 14.4. The quantitative estimate of drug-likeness (QED) is 0.400. The van der Waals surface area contributed by atoms with Crippen molar-refractivity contribution in [3.05, 3.63) is 48.6 Å². The largest absolute Gasteiger partial charge is 0.444 e. The zero-order chi connectivity index (χ0) is 28.4. The van der Waals surface area contributed by atoms with E-state index in [2.05, 4.69) is 30.0 Å². The fraction of sp³-hybridized carbons (Fsp3) is 0.533. The van der Waals surface area contributed by atoms with Crippen molar-refractivity contribution in [1.29, 1.82) is 0 Å². The summed E-state index contributed by atoms with van der Waals surface area (Å²) in [5.74, 6) is 1.31. The van der Waals surface area contributed by atoms with Crippen LogP contribution in [-0.4, -0.2) is 66.9 Å². The van der Waals surface area contributed by atoms with E-state index in [-0.39, 0.29) is 35.3 Å². The molecule has 2 atom stereocenters. The van der Waals surface area contributed by atoms with Gasteiger partial charge in [-0.2, -0.15) is 0 Å². The Morgan fingerprint density at radius 1 is 1.02 bits per heavy atom. The van der Waals surface area contributed by atoms with Crippen LogP contribution >= 0.6 is 0 Å². The summed E-state index contributed by atoms with van der Waals surface area (Å²) in [5.41, 5.74) is 1.85. The maximum Gasteiger partial charge on any atom is 0.410 e. The van der Waals surface area contributed by atoms with Crippen LogP contribution in [-0.2, 0) is 4.74 Å². The number of carbonyl (C=O) groups excluding carboxylic acids is 1. The molecule has 3 aliphatic heterocycles. The molecule has 1 spiro atoms. The molecule has 11 heteroatoms. The number of amides is 1. The first kappa shape index (κ1) is 26.0. The van der Waals surface area contributed by atoms with Gasteiger partial charge in [-0.3, -0.25) is 0 Å². The van der Waals surface area contributed by atoms with Crippen molar-refractivity contribution in [2.24, 2.45) is 5.41 Å². The number of hydrogen-bond acceptors (Lipinski definition) is 9. The molecule has 4 fully saturated rings. The summed E-state index contributed by atoms with van der Waals surface area (Å²) in [7, 11) is 0. The van der Waals surface area contributed by atoms with E-state index in [0.717, 1.165) is 62.9 Å². The second-order valence-corrected chi connectivity index (χ2v) is 13.0. The van der Waals surface area contributed by atoms with E-state index in [1.807, 2.05) is 25.7 Å². The molecule has 4 aliphatic rings. The van der Waals surface area contributed by atoms with Crippen LogP contribution in [0.25, 0.3) is 11.1 Å². The number of ether oxygens (including phenoxy) is 2. The molecule has 5 heterocycles. The Labute approximate surface area is 238 Å². The minimum Gasteiger partial charge on any atom is -0.444 e. The van der Waals surface area contributed by atoms with Gasteiger partial charge in [-0.15, -0.1) is 10.2 Å². The maximum atomic E-state index is 14.4. The number of hydrogen-bond donors (Lipinski definition) is 0. The van der Waals surface area contributed by atoms with E-state index in [0.29, 0.717) is 23.0 Å². The number of piperidine rings is 1. The van der Waals surface area contributed by atoms with Gasteiger partial charge in [0.05, 0.1) is 5.69 Å². The molecule has 0 radical (unpaired) electrons. The second kappa shape index (κ2) is 9.60. The van der Waals surface area contributed by atoms with Crippen LogP contribution in [0.2, 0.25) is 0 Å². The van der Waals surface area contributed by atoms with Crippen molar-refractivity contribution in [2.75, 3.05) is 18.0 Å². The summed E-state index contributed by atoms with van der Waals surface area (Å²) in [6.07, 6.45) is 10.5. The van der Waals surface area contributed by atoms with Crippen molar-refractivity contribution in [1.82, 2.24) is 30.0 Å². The zero-order valence-corrected chi connectivity index (χ0v) is 23.6. The SMILES string of the molecule is CC(C)(C)OC(=O)N1C2CCC1CC1(C2)CN(c2ncnnc2Oc2ccc(F)cc2-c2cncnc2C2CC2)C1. The van der Waals surface area contributed by atoms with Crippen LogP contribution in [0, 0.1) is 11.2 Å². The topological polar surface area (TPSA) is 106 Å². The number of halogens is 1. The lowest BCUT2D eigenvalue weighted by Crippen LogP contribution is -2.64. The molecule has 7 rings (SSSR count). The molecule has 1 amide bonds. The Kier molecular flexibility index (Phi) is 6.09. The normalized spacial score (nSPS) is 22.9. The van der Waals surface area contributed by atoms with Gasteiger partial charge in [0, 0.05) is 53.8 Å². The van der Waals surface area contributed by atoms with E-state index in [1.165, 1.54) is 24.8 Å². The Morgan fingerprint density at radius 3 is 2.49 bits per heavy atom. The highest BCUT2D eigenvalue weighted by Gasteiger charge is 2.56. The third-order valence-corrected chi connectivity index (χ3v) is 8.63. The number of anilines is 1. The number of rotatable bonds is 5. The van der Waals surface area contributed by atoms with Crippen molar-refractivity contribution in [3.8, 4) is 22.8 Å². The Bertz CT molecular complexity index is 1470. The Morgan fingerprint density at radius 2 is 1.78 bits per heavy atom. The van der Waals surface area contributed by atoms with E-state index >= 15 is 0 Å². The lowest BCUT2D eigenvalue weighted by molar-refractivity contribution is -0.0183. The molecule has 1 saturated carbocycles. The van der Waals surface area contributed by atoms with E-state index in [4.69, 9.17) is 9.47 Å². The van der Waals surface area contributed by atoms with Gasteiger partial charge in [0.2, 0.25) is 0 Å². The molecule has 214 valence electrons. The average molecular weight is 560 g/mol. The first-order valence-corrected chi connectivity index (χ1v) is 14.4. The fourth-order valence-electron chi connectivity index (χ4n) is 6.91. The van der Waals surface area contributed by atoms with Crippen molar-refractivity contribution in [2.45, 2.75) is 82.9 Å². The fourth-order valence-corrected chi connectivity index (χ4v) is 6.91. The predicted molar refractivity (Wildman–Crippen MR) is 148 cm³/mol. The van der Waals surface area contributed by atoms with Crippen LogP contribution in [0.15, 0.2) is 37.1 Å². The first-order valence-electron chi connectivity index (χ1n) is 14.4. The van der Waals surface area contributed by atoms with E-state index in [9.17, 15) is 9.18 Å². The lowest BCUT2D eigenvalue weighted by Gasteiger charge is -2.56. The van der Waals surface area contributed by atoms with Gasteiger partial charge in [-0.1, -0.05) is 0 Å². The summed E-state index contributed by atoms with van der Waals surface area (Å²) < 4.78 is 26.5. The lowest BCUT2D eigenvalue weighted by atomic mass is 9.69. The summed E-state index contributed by atoms with van der Waals surface area (Å²) in [4.78, 5) is 30.3. The first-order chi connectivity index (χ1) is 19.7. The van der Waals surface area contributed by atoms with Gasteiger partial charge in [0.1, 0.15) is 29.8 Å². The third kappa shape index (κ3) is 4.95. The number of benzene rings is 1. The second-order valence-electron chi connectivity index (χ2n) is 13.0. The van der Waals surface area contributed by atoms with Crippen molar-refractivity contribution >= 4 is 11.9 Å². The van der Waals surface area contributed by atoms with Crippen LogP contribution in [0.5, 0.6) is 11.6 Å². The van der Waals surface area contributed by atoms with Gasteiger partial charge in [0.15, 0.2) is 5.82 Å². The highest BCUT2D eigenvalue weighted by atomic mass is 19.1. The molecule has 2 bridgehead atoms. The van der Waals surface area contributed by atoms with E-state index in [1.54, 1.807) is 12.3 Å².